The molecular weight excluding hydrogens is 338 g/mol. The van der Waals surface area contributed by atoms with Gasteiger partial charge in [0.15, 0.2) is 0 Å². The maximum Gasteiger partial charge on any atom is 0.573 e. The minimum absolute atomic E-state index is 0.134. The van der Waals surface area contributed by atoms with E-state index in [-0.39, 0.29) is 5.02 Å². The number of hydrogen-bond donors (Lipinski definition) is 1. The van der Waals surface area contributed by atoms with E-state index < -0.39 is 18.2 Å². The van der Waals surface area contributed by atoms with Gasteiger partial charge in [0.2, 0.25) is 0 Å². The van der Waals surface area contributed by atoms with Crippen molar-refractivity contribution in [1.82, 2.24) is 5.48 Å². The topological polar surface area (TPSA) is 30.5 Å². The molecule has 1 aromatic carbocycles. The van der Waals surface area contributed by atoms with Crippen molar-refractivity contribution in [3.05, 3.63) is 39.5 Å². The summed E-state index contributed by atoms with van der Waals surface area (Å²) < 4.78 is 40.5. The molecule has 98 valence electrons. The number of benzene rings is 1. The molecule has 0 aliphatic carbocycles. The lowest BCUT2D eigenvalue weighted by atomic mass is 10.1. The average molecular weight is 345 g/mol. The van der Waals surface area contributed by atoms with Crippen molar-refractivity contribution in [2.75, 3.05) is 0 Å². The van der Waals surface area contributed by atoms with E-state index in [1.165, 1.54) is 12.1 Å². The Morgan fingerprint density at radius 1 is 1.39 bits per heavy atom. The average Bonchev–Trinajstić information content (AvgIpc) is 2.66. The fourth-order valence-corrected chi connectivity index (χ4v) is 1.95. The highest BCUT2D eigenvalue weighted by atomic mass is 79.9. The molecule has 0 spiro atoms. The third-order valence-corrected chi connectivity index (χ3v) is 2.81. The van der Waals surface area contributed by atoms with Gasteiger partial charge in [-0.1, -0.05) is 17.7 Å². The second kappa shape index (κ2) is 4.99. The molecular formula is C10H6BrClF3NO2. The zero-order chi connectivity index (χ0) is 13.3. The fraction of sp³-hybridized carbons (Fsp3) is 0.200. The van der Waals surface area contributed by atoms with Crippen LogP contribution in [0.25, 0.3) is 0 Å². The predicted octanol–water partition coefficient (Wildman–Crippen LogP) is 4.05. The summed E-state index contributed by atoms with van der Waals surface area (Å²) in [4.78, 5) is 5.14. The molecule has 0 radical (unpaired) electrons. The second-order valence-electron chi connectivity index (χ2n) is 3.39. The number of nitrogens with one attached hydrogen (secondary N) is 1. The Labute approximate surface area is 114 Å². The third kappa shape index (κ3) is 3.30. The molecule has 1 heterocycles. The third-order valence-electron chi connectivity index (χ3n) is 2.09. The first-order chi connectivity index (χ1) is 8.35. The summed E-state index contributed by atoms with van der Waals surface area (Å²) in [5, 5.41) is -0.134. The second-order valence-corrected chi connectivity index (χ2v) is 4.65. The highest BCUT2D eigenvalue weighted by Gasteiger charge is 2.32. The van der Waals surface area contributed by atoms with Crippen LogP contribution in [0.1, 0.15) is 11.7 Å². The van der Waals surface area contributed by atoms with Gasteiger partial charge in [-0.15, -0.1) is 13.2 Å². The van der Waals surface area contributed by atoms with E-state index in [4.69, 9.17) is 16.4 Å². The molecule has 1 N–H and O–H groups in total. The lowest BCUT2D eigenvalue weighted by Gasteiger charge is -2.13. The minimum Gasteiger partial charge on any atom is -0.404 e. The lowest BCUT2D eigenvalue weighted by Crippen LogP contribution is -2.17. The van der Waals surface area contributed by atoms with E-state index in [0.717, 1.165) is 6.07 Å². The highest BCUT2D eigenvalue weighted by Crippen LogP contribution is 2.34. The molecule has 0 aromatic heterocycles. The zero-order valence-electron chi connectivity index (χ0n) is 8.59. The molecule has 0 fully saturated rings. The van der Waals surface area contributed by atoms with E-state index in [1.54, 1.807) is 6.08 Å². The first-order valence-corrected chi connectivity index (χ1v) is 5.86. The lowest BCUT2D eigenvalue weighted by molar-refractivity contribution is -0.274. The van der Waals surface area contributed by atoms with Crippen molar-refractivity contribution in [2.45, 2.75) is 12.5 Å². The molecule has 1 atom stereocenters. The van der Waals surface area contributed by atoms with Gasteiger partial charge >= 0.3 is 6.36 Å². The highest BCUT2D eigenvalue weighted by molar-refractivity contribution is 9.11. The summed E-state index contributed by atoms with van der Waals surface area (Å²) in [5.74, 6) is -0.443. The maximum absolute atomic E-state index is 12.0. The Kier molecular flexibility index (Phi) is 3.74. The number of ether oxygens (including phenoxy) is 1. The summed E-state index contributed by atoms with van der Waals surface area (Å²) in [6.45, 7) is 0. The van der Waals surface area contributed by atoms with E-state index >= 15 is 0 Å². The van der Waals surface area contributed by atoms with Crippen molar-refractivity contribution in [3.8, 4) is 5.75 Å². The van der Waals surface area contributed by atoms with Gasteiger partial charge in [-0.3, -0.25) is 10.3 Å². The van der Waals surface area contributed by atoms with Gasteiger partial charge in [0.25, 0.3) is 0 Å². The summed E-state index contributed by atoms with van der Waals surface area (Å²) in [6, 6.07) is 3.95. The molecule has 3 nitrogen and oxygen atoms in total. The molecule has 18 heavy (non-hydrogen) atoms. The normalized spacial score (nSPS) is 19.4. The Balaban J connectivity index is 2.20. The minimum atomic E-state index is -4.76. The van der Waals surface area contributed by atoms with Crippen LogP contribution in [0, 0.1) is 0 Å². The van der Waals surface area contributed by atoms with E-state index in [1.807, 2.05) is 0 Å². The smallest absolute Gasteiger partial charge is 0.404 e. The number of hydrogen-bond acceptors (Lipinski definition) is 3. The van der Waals surface area contributed by atoms with Gasteiger partial charge in [0.05, 0.1) is 5.02 Å². The Bertz CT molecular complexity index is 493. The molecule has 0 amide bonds. The number of hydroxylamine groups is 1. The van der Waals surface area contributed by atoms with Crippen LogP contribution in [0.4, 0.5) is 13.2 Å². The van der Waals surface area contributed by atoms with Gasteiger partial charge < -0.3 is 4.74 Å². The van der Waals surface area contributed by atoms with Crippen LogP contribution in [0.5, 0.6) is 5.75 Å². The van der Waals surface area contributed by atoms with Crippen molar-refractivity contribution >= 4 is 27.5 Å². The molecule has 1 aliphatic rings. The SMILES string of the molecule is FC(F)(F)Oc1ccc(C2C=C(Br)NO2)cc1Cl. The van der Waals surface area contributed by atoms with Crippen LogP contribution in [-0.2, 0) is 4.84 Å². The summed E-state index contributed by atoms with van der Waals surface area (Å²) in [5.41, 5.74) is 3.17. The number of halogens is 5. The van der Waals surface area contributed by atoms with Gasteiger partial charge in [0, 0.05) is 0 Å². The van der Waals surface area contributed by atoms with E-state index in [0.29, 0.717) is 10.2 Å². The number of alkyl halides is 3. The van der Waals surface area contributed by atoms with Crippen LogP contribution >= 0.6 is 27.5 Å². The first-order valence-electron chi connectivity index (χ1n) is 4.69. The van der Waals surface area contributed by atoms with Crippen molar-refractivity contribution < 1.29 is 22.7 Å². The summed E-state index contributed by atoms with van der Waals surface area (Å²) >= 11 is 8.88. The molecule has 1 aromatic rings. The van der Waals surface area contributed by atoms with Gasteiger partial charge in [0.1, 0.15) is 16.5 Å². The summed E-state index contributed by atoms with van der Waals surface area (Å²) in [7, 11) is 0. The van der Waals surface area contributed by atoms with Crippen molar-refractivity contribution in [3.63, 3.8) is 0 Å². The van der Waals surface area contributed by atoms with Crippen LogP contribution in [0.15, 0.2) is 28.9 Å². The molecule has 0 bridgehead atoms. The van der Waals surface area contributed by atoms with Gasteiger partial charge in [-0.25, -0.2) is 0 Å². The van der Waals surface area contributed by atoms with Crippen LogP contribution in [0.3, 0.4) is 0 Å². The Hall–Kier alpha value is -0.920. The van der Waals surface area contributed by atoms with Crippen molar-refractivity contribution in [2.24, 2.45) is 0 Å². The van der Waals surface area contributed by atoms with E-state index in [2.05, 4.69) is 26.1 Å². The molecule has 2 rings (SSSR count). The van der Waals surface area contributed by atoms with Gasteiger partial charge in [-0.2, -0.15) is 0 Å². The number of rotatable bonds is 2. The standard InChI is InChI=1S/C10H6BrClF3NO2/c11-9-4-8(18-16-9)5-1-2-7(6(12)3-5)17-10(13,14)15/h1-4,8,16H. The van der Waals surface area contributed by atoms with Crippen LogP contribution < -0.4 is 10.2 Å². The monoisotopic (exact) mass is 343 g/mol. The molecule has 0 saturated heterocycles. The maximum atomic E-state index is 12.0. The molecule has 8 heteroatoms. The Morgan fingerprint density at radius 3 is 2.61 bits per heavy atom. The first kappa shape index (κ1) is 13.5. The summed E-state index contributed by atoms with van der Waals surface area (Å²) in [6.07, 6.45) is -3.48. The van der Waals surface area contributed by atoms with Crippen LogP contribution in [-0.4, -0.2) is 6.36 Å². The zero-order valence-corrected chi connectivity index (χ0v) is 10.9. The quantitative estimate of drug-likeness (QED) is 0.821. The van der Waals surface area contributed by atoms with E-state index in [9.17, 15) is 13.2 Å². The molecule has 1 aliphatic heterocycles. The largest absolute Gasteiger partial charge is 0.573 e. The fourth-order valence-electron chi connectivity index (χ4n) is 1.39. The molecule has 1 unspecified atom stereocenters. The van der Waals surface area contributed by atoms with Crippen molar-refractivity contribution in [1.29, 1.82) is 0 Å². The van der Waals surface area contributed by atoms with Crippen LogP contribution in [0.2, 0.25) is 5.02 Å². The molecule has 0 saturated carbocycles. The van der Waals surface area contributed by atoms with Gasteiger partial charge in [-0.05, 0) is 39.7 Å². The Morgan fingerprint density at radius 2 is 2.11 bits per heavy atom. The predicted molar refractivity (Wildman–Crippen MR) is 62.1 cm³/mol.